The average molecular weight is 142 g/mol. The predicted molar refractivity (Wildman–Crippen MR) is 36.6 cm³/mol. The molecule has 0 aliphatic heterocycles. The molecule has 0 fully saturated rings. The third kappa shape index (κ3) is 3.02. The number of aldehydes is 1. The number of allylic oxidation sites excluding steroid dienone is 1. The Balaban J connectivity index is 4.15. The maximum atomic E-state index is 10.2. The normalized spacial score (nSPS) is 14.4. The number of carboxylic acid groups (broad SMARTS) is 1. The van der Waals surface area contributed by atoms with Crippen LogP contribution in [-0.2, 0) is 9.59 Å². The molecule has 3 nitrogen and oxygen atoms in total. The molecule has 0 rings (SSSR count). The highest BCUT2D eigenvalue weighted by atomic mass is 16.4. The van der Waals surface area contributed by atoms with E-state index in [1.807, 2.05) is 0 Å². The third-order valence-electron chi connectivity index (χ3n) is 1.06. The van der Waals surface area contributed by atoms with Crippen molar-refractivity contribution < 1.29 is 14.7 Å². The Morgan fingerprint density at radius 3 is 2.40 bits per heavy atom. The van der Waals surface area contributed by atoms with E-state index in [1.165, 1.54) is 13.0 Å². The van der Waals surface area contributed by atoms with E-state index in [1.54, 1.807) is 6.92 Å². The number of aliphatic carboxylic acids is 1. The Morgan fingerprint density at radius 2 is 2.10 bits per heavy atom. The lowest BCUT2D eigenvalue weighted by Crippen LogP contribution is -2.00. The second kappa shape index (κ2) is 3.82. The summed E-state index contributed by atoms with van der Waals surface area (Å²) < 4.78 is 0. The van der Waals surface area contributed by atoms with Crippen LogP contribution in [0, 0.1) is 5.92 Å². The molecule has 0 bridgehead atoms. The largest absolute Gasteiger partial charge is 0.478 e. The van der Waals surface area contributed by atoms with Crippen LogP contribution in [0.1, 0.15) is 13.8 Å². The molecule has 1 N–H and O–H groups in total. The van der Waals surface area contributed by atoms with Crippen LogP contribution >= 0.6 is 0 Å². The second-order valence-corrected chi connectivity index (χ2v) is 2.15. The number of carboxylic acids is 1. The van der Waals surface area contributed by atoms with Crippen molar-refractivity contribution >= 4 is 12.3 Å². The van der Waals surface area contributed by atoms with Gasteiger partial charge in [0.15, 0.2) is 0 Å². The topological polar surface area (TPSA) is 54.4 Å². The minimum Gasteiger partial charge on any atom is -0.478 e. The van der Waals surface area contributed by atoms with Gasteiger partial charge in [0.05, 0.1) is 0 Å². The van der Waals surface area contributed by atoms with Crippen LogP contribution in [0.4, 0.5) is 0 Å². The highest BCUT2D eigenvalue weighted by Gasteiger charge is 2.01. The number of carbonyl (C=O) groups is 2. The zero-order valence-corrected chi connectivity index (χ0v) is 6.00. The molecule has 0 heterocycles. The van der Waals surface area contributed by atoms with E-state index in [2.05, 4.69) is 0 Å². The van der Waals surface area contributed by atoms with Gasteiger partial charge in [0.25, 0.3) is 0 Å². The summed E-state index contributed by atoms with van der Waals surface area (Å²) in [7, 11) is 0. The maximum absolute atomic E-state index is 10.2. The smallest absolute Gasteiger partial charge is 0.330 e. The molecule has 0 radical (unpaired) electrons. The quantitative estimate of drug-likeness (QED) is 0.469. The Bertz CT molecular complexity index is 170. The SMILES string of the molecule is CC(=CC(C)C=O)C(=O)O. The Hall–Kier alpha value is -1.12. The molecule has 0 aliphatic rings. The molecule has 0 aromatic carbocycles. The van der Waals surface area contributed by atoms with Crippen molar-refractivity contribution in [3.8, 4) is 0 Å². The molecule has 56 valence electrons. The van der Waals surface area contributed by atoms with Gasteiger partial charge < -0.3 is 9.90 Å². The summed E-state index contributed by atoms with van der Waals surface area (Å²) in [5.41, 5.74) is 0.208. The molecule has 0 aromatic rings. The molecular weight excluding hydrogens is 132 g/mol. The highest BCUT2D eigenvalue weighted by molar-refractivity contribution is 5.86. The van der Waals surface area contributed by atoms with Crippen molar-refractivity contribution in [2.45, 2.75) is 13.8 Å². The summed E-state index contributed by atoms with van der Waals surface area (Å²) in [5.74, 6) is -1.29. The van der Waals surface area contributed by atoms with E-state index in [-0.39, 0.29) is 11.5 Å². The summed E-state index contributed by atoms with van der Waals surface area (Å²) >= 11 is 0. The lowest BCUT2D eigenvalue weighted by molar-refractivity contribution is -0.132. The first-order chi connectivity index (χ1) is 4.57. The van der Waals surface area contributed by atoms with Crippen molar-refractivity contribution in [2.75, 3.05) is 0 Å². The predicted octanol–water partition coefficient (Wildman–Crippen LogP) is 0.852. The summed E-state index contributed by atoms with van der Waals surface area (Å²) in [4.78, 5) is 20.2. The van der Waals surface area contributed by atoms with E-state index in [0.717, 1.165) is 0 Å². The molecule has 0 spiro atoms. The van der Waals surface area contributed by atoms with Gasteiger partial charge in [-0.15, -0.1) is 0 Å². The molecular formula is C7H10O3. The standard InChI is InChI=1S/C7H10O3/c1-5(4-8)3-6(2)7(9)10/h3-5H,1-2H3,(H,9,10). The highest BCUT2D eigenvalue weighted by Crippen LogP contribution is 1.99. The number of hydrogen-bond donors (Lipinski definition) is 1. The Morgan fingerprint density at radius 1 is 1.60 bits per heavy atom. The van der Waals surface area contributed by atoms with E-state index >= 15 is 0 Å². The molecule has 1 atom stereocenters. The first-order valence-corrected chi connectivity index (χ1v) is 2.95. The Labute approximate surface area is 59.4 Å². The van der Waals surface area contributed by atoms with Gasteiger partial charge in [-0.3, -0.25) is 0 Å². The molecule has 3 heteroatoms. The van der Waals surface area contributed by atoms with E-state index < -0.39 is 5.97 Å². The summed E-state index contributed by atoms with van der Waals surface area (Å²) in [6.45, 7) is 3.10. The summed E-state index contributed by atoms with van der Waals surface area (Å²) in [6.07, 6.45) is 2.11. The molecule has 0 saturated heterocycles. The number of hydrogen-bond acceptors (Lipinski definition) is 2. The van der Waals surface area contributed by atoms with E-state index in [9.17, 15) is 9.59 Å². The van der Waals surface area contributed by atoms with Gasteiger partial charge in [-0.25, -0.2) is 4.79 Å². The molecule has 0 saturated carbocycles. The van der Waals surface area contributed by atoms with Gasteiger partial charge in [-0.05, 0) is 6.92 Å². The molecule has 1 unspecified atom stereocenters. The monoisotopic (exact) mass is 142 g/mol. The second-order valence-electron chi connectivity index (χ2n) is 2.15. The van der Waals surface area contributed by atoms with Gasteiger partial charge in [0.1, 0.15) is 6.29 Å². The van der Waals surface area contributed by atoms with Gasteiger partial charge >= 0.3 is 5.97 Å². The number of carbonyl (C=O) groups excluding carboxylic acids is 1. The van der Waals surface area contributed by atoms with Gasteiger partial charge in [-0.2, -0.15) is 0 Å². The lowest BCUT2D eigenvalue weighted by atomic mass is 10.1. The minimum atomic E-state index is -0.978. The Kier molecular flexibility index (Phi) is 3.39. The maximum Gasteiger partial charge on any atom is 0.330 e. The number of rotatable bonds is 3. The van der Waals surface area contributed by atoms with E-state index in [4.69, 9.17) is 5.11 Å². The van der Waals surface area contributed by atoms with Crippen LogP contribution in [0.25, 0.3) is 0 Å². The van der Waals surface area contributed by atoms with Crippen molar-refractivity contribution in [3.05, 3.63) is 11.6 Å². The van der Waals surface area contributed by atoms with Crippen LogP contribution < -0.4 is 0 Å². The summed E-state index contributed by atoms with van der Waals surface area (Å²) in [5, 5.41) is 8.34. The fourth-order valence-electron chi connectivity index (χ4n) is 0.505. The zero-order valence-electron chi connectivity index (χ0n) is 6.00. The minimum absolute atomic E-state index is 0.208. The van der Waals surface area contributed by atoms with Crippen molar-refractivity contribution in [2.24, 2.45) is 5.92 Å². The lowest BCUT2D eigenvalue weighted by Gasteiger charge is -1.94. The van der Waals surface area contributed by atoms with E-state index in [0.29, 0.717) is 6.29 Å². The molecule has 0 aromatic heterocycles. The van der Waals surface area contributed by atoms with Crippen LogP contribution in [-0.4, -0.2) is 17.4 Å². The van der Waals surface area contributed by atoms with Crippen LogP contribution in [0.3, 0.4) is 0 Å². The van der Waals surface area contributed by atoms with Gasteiger partial charge in [0.2, 0.25) is 0 Å². The average Bonchev–Trinajstić information content (AvgIpc) is 1.87. The van der Waals surface area contributed by atoms with Gasteiger partial charge in [0, 0.05) is 11.5 Å². The van der Waals surface area contributed by atoms with Crippen molar-refractivity contribution in [1.29, 1.82) is 0 Å². The molecule has 0 aliphatic carbocycles. The molecule has 10 heavy (non-hydrogen) atoms. The first kappa shape index (κ1) is 8.88. The summed E-state index contributed by atoms with van der Waals surface area (Å²) in [6, 6.07) is 0. The van der Waals surface area contributed by atoms with Crippen molar-refractivity contribution in [3.63, 3.8) is 0 Å². The van der Waals surface area contributed by atoms with Crippen LogP contribution in [0.2, 0.25) is 0 Å². The van der Waals surface area contributed by atoms with Gasteiger partial charge in [-0.1, -0.05) is 13.0 Å². The fourth-order valence-corrected chi connectivity index (χ4v) is 0.505. The van der Waals surface area contributed by atoms with Crippen LogP contribution in [0.5, 0.6) is 0 Å². The van der Waals surface area contributed by atoms with Crippen LogP contribution in [0.15, 0.2) is 11.6 Å². The third-order valence-corrected chi connectivity index (χ3v) is 1.06. The molecule has 0 amide bonds. The first-order valence-electron chi connectivity index (χ1n) is 2.95. The fraction of sp³-hybridized carbons (Fsp3) is 0.429. The van der Waals surface area contributed by atoms with Crippen molar-refractivity contribution in [1.82, 2.24) is 0 Å². The zero-order chi connectivity index (χ0) is 8.15.